The smallest absolute Gasteiger partial charge is 0.257 e. The van der Waals surface area contributed by atoms with Crippen molar-refractivity contribution in [2.75, 3.05) is 7.11 Å². The molecule has 1 atom stereocenters. The number of rotatable bonds is 1. The summed E-state index contributed by atoms with van der Waals surface area (Å²) < 4.78 is 7.05. The van der Waals surface area contributed by atoms with E-state index in [-0.39, 0.29) is 24.0 Å². The molecular formula is C11H17ClN2O2. The third-order valence-corrected chi connectivity index (χ3v) is 3.14. The summed E-state index contributed by atoms with van der Waals surface area (Å²) in [7, 11) is 3.43. The van der Waals surface area contributed by atoms with E-state index in [2.05, 4.69) is 12.2 Å². The number of nitrogens with one attached hydrogen (secondary N) is 1. The predicted octanol–water partition coefficient (Wildman–Crippen LogP) is 1.29. The monoisotopic (exact) mass is 244 g/mol. The van der Waals surface area contributed by atoms with Gasteiger partial charge in [0.15, 0.2) is 0 Å². The van der Waals surface area contributed by atoms with Crippen LogP contribution in [0, 0.1) is 6.92 Å². The summed E-state index contributed by atoms with van der Waals surface area (Å²) in [6.07, 6.45) is 0. The van der Waals surface area contributed by atoms with E-state index in [0.29, 0.717) is 5.56 Å². The Morgan fingerprint density at radius 3 is 2.69 bits per heavy atom. The van der Waals surface area contributed by atoms with Crippen LogP contribution in [0.1, 0.15) is 29.8 Å². The van der Waals surface area contributed by atoms with Gasteiger partial charge in [0.05, 0.1) is 12.7 Å². The predicted molar refractivity (Wildman–Crippen MR) is 65.5 cm³/mol. The first-order valence-electron chi connectivity index (χ1n) is 5.07. The van der Waals surface area contributed by atoms with Crippen LogP contribution in [0.15, 0.2) is 4.79 Å². The molecular weight excluding hydrogens is 228 g/mol. The summed E-state index contributed by atoms with van der Waals surface area (Å²) in [6, 6.07) is 0.250. The summed E-state index contributed by atoms with van der Waals surface area (Å²) >= 11 is 0. The van der Waals surface area contributed by atoms with Crippen LogP contribution in [0.3, 0.4) is 0 Å². The van der Waals surface area contributed by atoms with Gasteiger partial charge in [-0.3, -0.25) is 4.79 Å². The molecule has 0 saturated heterocycles. The molecule has 0 spiro atoms. The van der Waals surface area contributed by atoms with E-state index in [0.717, 1.165) is 23.6 Å². The van der Waals surface area contributed by atoms with Gasteiger partial charge < -0.3 is 14.6 Å². The largest absolute Gasteiger partial charge is 0.496 e. The van der Waals surface area contributed by atoms with Crippen LogP contribution >= 0.6 is 12.4 Å². The van der Waals surface area contributed by atoms with Crippen molar-refractivity contribution in [1.29, 1.82) is 0 Å². The van der Waals surface area contributed by atoms with Crippen LogP contribution in [0.4, 0.5) is 0 Å². The van der Waals surface area contributed by atoms with Crippen molar-refractivity contribution in [3.05, 3.63) is 27.2 Å². The molecule has 0 fully saturated rings. The molecule has 0 amide bonds. The number of nitrogens with zero attached hydrogens (tertiary/aromatic N) is 1. The van der Waals surface area contributed by atoms with E-state index in [9.17, 15) is 4.79 Å². The topological polar surface area (TPSA) is 43.3 Å². The lowest BCUT2D eigenvalue weighted by Crippen LogP contribution is -2.24. The minimum Gasteiger partial charge on any atom is -0.496 e. The molecule has 0 aliphatic carbocycles. The Labute approximate surface area is 101 Å². The fraction of sp³-hybridized carbons (Fsp3) is 0.545. The zero-order valence-corrected chi connectivity index (χ0v) is 10.8. The molecule has 2 heterocycles. The molecule has 90 valence electrons. The van der Waals surface area contributed by atoms with Crippen molar-refractivity contribution in [1.82, 2.24) is 9.88 Å². The van der Waals surface area contributed by atoms with Gasteiger partial charge >= 0.3 is 0 Å². The summed E-state index contributed by atoms with van der Waals surface area (Å²) in [5.41, 5.74) is 2.88. The Kier molecular flexibility index (Phi) is 3.65. The van der Waals surface area contributed by atoms with Crippen LogP contribution in [0.2, 0.25) is 0 Å². The maximum atomic E-state index is 11.9. The molecule has 1 aromatic heterocycles. The summed E-state index contributed by atoms with van der Waals surface area (Å²) in [5, 5.41) is 3.32. The molecule has 0 radical (unpaired) electrons. The standard InChI is InChI=1S/C11H16N2O2.ClH/c1-6-10(15-4)9-7(2)12-5-8(9)13(3)11(6)14;/h7,12H,5H2,1-4H3;1H. The van der Waals surface area contributed by atoms with E-state index in [4.69, 9.17) is 4.74 Å². The van der Waals surface area contributed by atoms with Crippen LogP contribution < -0.4 is 15.6 Å². The Morgan fingerprint density at radius 2 is 2.12 bits per heavy atom. The Hall–Kier alpha value is -1.00. The van der Waals surface area contributed by atoms with Gasteiger partial charge in [-0.1, -0.05) is 0 Å². The van der Waals surface area contributed by atoms with E-state index in [1.807, 2.05) is 14.0 Å². The molecule has 1 N–H and O–H groups in total. The molecule has 5 heteroatoms. The summed E-state index contributed by atoms with van der Waals surface area (Å²) in [5.74, 6) is 0.741. The highest BCUT2D eigenvalue weighted by molar-refractivity contribution is 5.85. The van der Waals surface area contributed by atoms with Gasteiger partial charge in [0.1, 0.15) is 5.75 Å². The molecule has 1 unspecified atom stereocenters. The van der Waals surface area contributed by atoms with Crippen molar-refractivity contribution >= 4 is 12.4 Å². The fourth-order valence-corrected chi connectivity index (χ4v) is 2.26. The Morgan fingerprint density at radius 1 is 1.50 bits per heavy atom. The second-order valence-electron chi connectivity index (χ2n) is 3.99. The first kappa shape index (κ1) is 13.1. The number of ether oxygens (including phenoxy) is 1. The molecule has 1 aliphatic heterocycles. The zero-order chi connectivity index (χ0) is 11.2. The molecule has 1 aliphatic rings. The summed E-state index contributed by atoms with van der Waals surface area (Å²) in [6.45, 7) is 4.63. The van der Waals surface area contributed by atoms with Gasteiger partial charge in [-0.25, -0.2) is 0 Å². The SMILES string of the molecule is COc1c2c(n(C)c(=O)c1C)CNC2C.Cl. The lowest BCUT2D eigenvalue weighted by Gasteiger charge is -2.15. The number of methoxy groups -OCH3 is 1. The maximum absolute atomic E-state index is 11.9. The van der Waals surface area contributed by atoms with Crippen molar-refractivity contribution in [3.8, 4) is 5.75 Å². The second kappa shape index (κ2) is 4.47. The van der Waals surface area contributed by atoms with Crippen molar-refractivity contribution in [3.63, 3.8) is 0 Å². The number of hydrogen-bond acceptors (Lipinski definition) is 3. The van der Waals surface area contributed by atoms with E-state index in [1.54, 1.807) is 11.7 Å². The highest BCUT2D eigenvalue weighted by Crippen LogP contribution is 2.33. The molecule has 1 aromatic rings. The van der Waals surface area contributed by atoms with E-state index in [1.165, 1.54) is 0 Å². The molecule has 2 rings (SSSR count). The third kappa shape index (κ3) is 1.62. The first-order valence-corrected chi connectivity index (χ1v) is 5.07. The van der Waals surface area contributed by atoms with E-state index < -0.39 is 0 Å². The number of pyridine rings is 1. The van der Waals surface area contributed by atoms with Crippen molar-refractivity contribution < 1.29 is 4.74 Å². The van der Waals surface area contributed by atoms with Crippen LogP contribution in [0.5, 0.6) is 5.75 Å². The van der Waals surface area contributed by atoms with Crippen molar-refractivity contribution in [2.24, 2.45) is 7.05 Å². The quantitative estimate of drug-likeness (QED) is 0.810. The zero-order valence-electron chi connectivity index (χ0n) is 9.96. The molecule has 4 nitrogen and oxygen atoms in total. The Balaban J connectivity index is 0.00000128. The normalized spacial score (nSPS) is 17.9. The van der Waals surface area contributed by atoms with Gasteiger partial charge in [-0.2, -0.15) is 0 Å². The van der Waals surface area contributed by atoms with Crippen LogP contribution in [-0.4, -0.2) is 11.7 Å². The number of aromatic nitrogens is 1. The number of halogens is 1. The van der Waals surface area contributed by atoms with Gasteiger partial charge in [0.25, 0.3) is 5.56 Å². The number of hydrogen-bond donors (Lipinski definition) is 1. The van der Waals surface area contributed by atoms with Gasteiger partial charge in [-0.05, 0) is 13.8 Å². The maximum Gasteiger partial charge on any atom is 0.257 e. The minimum atomic E-state index is 0. The second-order valence-corrected chi connectivity index (χ2v) is 3.99. The first-order chi connectivity index (χ1) is 7.07. The molecule has 0 saturated carbocycles. The van der Waals surface area contributed by atoms with E-state index >= 15 is 0 Å². The van der Waals surface area contributed by atoms with Gasteiger partial charge in [0, 0.05) is 30.9 Å². The van der Waals surface area contributed by atoms with Gasteiger partial charge in [-0.15, -0.1) is 12.4 Å². The third-order valence-electron chi connectivity index (χ3n) is 3.14. The highest BCUT2D eigenvalue weighted by Gasteiger charge is 2.27. The molecule has 0 aromatic carbocycles. The average Bonchev–Trinajstić information content (AvgIpc) is 2.59. The van der Waals surface area contributed by atoms with Crippen LogP contribution in [-0.2, 0) is 13.6 Å². The molecule has 16 heavy (non-hydrogen) atoms. The minimum absolute atomic E-state index is 0. The Bertz CT molecular complexity index is 468. The van der Waals surface area contributed by atoms with Crippen LogP contribution in [0.25, 0.3) is 0 Å². The number of fused-ring (bicyclic) bond motifs is 1. The fourth-order valence-electron chi connectivity index (χ4n) is 2.26. The summed E-state index contributed by atoms with van der Waals surface area (Å²) in [4.78, 5) is 11.9. The van der Waals surface area contributed by atoms with Crippen molar-refractivity contribution in [2.45, 2.75) is 26.4 Å². The average molecular weight is 245 g/mol. The van der Waals surface area contributed by atoms with Gasteiger partial charge in [0.2, 0.25) is 0 Å². The lowest BCUT2D eigenvalue weighted by atomic mass is 10.1. The highest BCUT2D eigenvalue weighted by atomic mass is 35.5. The molecule has 0 bridgehead atoms. The lowest BCUT2D eigenvalue weighted by molar-refractivity contribution is 0.400.